The van der Waals surface area contributed by atoms with Crippen molar-refractivity contribution in [3.8, 4) is 5.75 Å². The Morgan fingerprint density at radius 3 is 2.57 bits per heavy atom. The Balaban J connectivity index is 1.22. The third kappa shape index (κ3) is 3.61. The van der Waals surface area contributed by atoms with Gasteiger partial charge in [-0.25, -0.2) is 0 Å². The molecule has 3 aromatic rings. The van der Waals surface area contributed by atoms with Crippen molar-refractivity contribution in [1.29, 1.82) is 0 Å². The van der Waals surface area contributed by atoms with E-state index >= 15 is 0 Å². The molecule has 9 nitrogen and oxygen atoms in total. The number of aromatic nitrogens is 4. The Morgan fingerprint density at radius 1 is 1.10 bits per heavy atom. The van der Waals surface area contributed by atoms with Crippen LogP contribution < -0.4 is 4.74 Å². The van der Waals surface area contributed by atoms with E-state index in [0.717, 1.165) is 16.7 Å². The Labute approximate surface area is 173 Å². The summed E-state index contributed by atoms with van der Waals surface area (Å²) in [4.78, 5) is 23.3. The molecule has 30 heavy (non-hydrogen) atoms. The molecule has 0 aliphatic carbocycles. The third-order valence-corrected chi connectivity index (χ3v) is 5.53. The van der Waals surface area contributed by atoms with Crippen LogP contribution in [0.2, 0.25) is 0 Å². The van der Waals surface area contributed by atoms with Gasteiger partial charge < -0.3 is 19.1 Å². The van der Waals surface area contributed by atoms with E-state index in [1.165, 1.54) is 0 Å². The second kappa shape index (κ2) is 7.66. The van der Waals surface area contributed by atoms with Gasteiger partial charge in [0.1, 0.15) is 29.6 Å². The Hall–Kier alpha value is -3.04. The molecule has 9 heteroatoms. The SMILES string of the molecule is Cc1ccc(OC2CO[C@H]3CN(C(=O)c4cnc5cnn(C)c5c4)C[C@@H]3OC2)cn1. The molecule has 3 aromatic heterocycles. The quantitative estimate of drug-likeness (QED) is 0.645. The molecule has 2 aliphatic rings. The molecule has 0 radical (unpaired) electrons. The van der Waals surface area contributed by atoms with E-state index in [4.69, 9.17) is 14.2 Å². The molecule has 2 fully saturated rings. The zero-order valence-corrected chi connectivity index (χ0v) is 16.9. The highest BCUT2D eigenvalue weighted by atomic mass is 16.6. The summed E-state index contributed by atoms with van der Waals surface area (Å²) < 4.78 is 19.7. The number of hydrogen-bond donors (Lipinski definition) is 0. The Bertz CT molecular complexity index is 1050. The fraction of sp³-hybridized carbons (Fsp3) is 0.429. The number of pyridine rings is 2. The minimum atomic E-state index is -0.208. The molecular weight excluding hydrogens is 386 g/mol. The topological polar surface area (TPSA) is 91.6 Å². The van der Waals surface area contributed by atoms with Crippen LogP contribution in [-0.4, -0.2) is 75.2 Å². The second-order valence-electron chi connectivity index (χ2n) is 7.73. The molecule has 0 unspecified atom stereocenters. The van der Waals surface area contributed by atoms with Gasteiger partial charge in [0.15, 0.2) is 0 Å². The average Bonchev–Trinajstić information content (AvgIpc) is 3.29. The number of amides is 1. The van der Waals surface area contributed by atoms with Gasteiger partial charge in [-0.1, -0.05) is 0 Å². The lowest BCUT2D eigenvalue weighted by atomic mass is 10.2. The van der Waals surface area contributed by atoms with Crippen molar-refractivity contribution in [2.24, 2.45) is 7.05 Å². The van der Waals surface area contributed by atoms with Crippen LogP contribution in [0.25, 0.3) is 11.0 Å². The lowest BCUT2D eigenvalue weighted by Crippen LogP contribution is -2.33. The maximum Gasteiger partial charge on any atom is 0.255 e. The summed E-state index contributed by atoms with van der Waals surface area (Å²) >= 11 is 0. The van der Waals surface area contributed by atoms with E-state index in [2.05, 4.69) is 15.1 Å². The summed E-state index contributed by atoms with van der Waals surface area (Å²) in [5.41, 5.74) is 3.07. The van der Waals surface area contributed by atoms with E-state index in [0.29, 0.717) is 37.6 Å². The minimum Gasteiger partial charge on any atom is -0.484 e. The van der Waals surface area contributed by atoms with Gasteiger partial charge in [0.2, 0.25) is 0 Å². The van der Waals surface area contributed by atoms with E-state index in [1.807, 2.05) is 32.2 Å². The van der Waals surface area contributed by atoms with Gasteiger partial charge in [0.25, 0.3) is 5.91 Å². The van der Waals surface area contributed by atoms with Gasteiger partial charge >= 0.3 is 0 Å². The molecule has 1 amide bonds. The monoisotopic (exact) mass is 409 g/mol. The van der Waals surface area contributed by atoms with Crippen molar-refractivity contribution in [3.63, 3.8) is 0 Å². The minimum absolute atomic E-state index is 0.0793. The van der Waals surface area contributed by atoms with Gasteiger partial charge in [0, 0.05) is 32.0 Å². The molecule has 0 aromatic carbocycles. The average molecular weight is 409 g/mol. The van der Waals surface area contributed by atoms with E-state index in [9.17, 15) is 4.79 Å². The Morgan fingerprint density at radius 2 is 1.87 bits per heavy atom. The summed E-state index contributed by atoms with van der Waals surface area (Å²) in [6, 6.07) is 5.62. The van der Waals surface area contributed by atoms with Crippen LogP contribution in [0, 0.1) is 6.92 Å². The van der Waals surface area contributed by atoms with Crippen LogP contribution in [0.15, 0.2) is 36.8 Å². The molecule has 5 heterocycles. The van der Waals surface area contributed by atoms with Crippen LogP contribution in [0.5, 0.6) is 5.75 Å². The smallest absolute Gasteiger partial charge is 0.255 e. The van der Waals surface area contributed by atoms with Crippen molar-refractivity contribution in [2.75, 3.05) is 26.3 Å². The highest BCUT2D eigenvalue weighted by Crippen LogP contribution is 2.24. The van der Waals surface area contributed by atoms with Crippen molar-refractivity contribution >= 4 is 16.9 Å². The molecular formula is C21H23N5O4. The molecule has 156 valence electrons. The summed E-state index contributed by atoms with van der Waals surface area (Å²) in [5.74, 6) is 0.615. The normalized spacial score (nSPS) is 22.1. The Kier molecular flexibility index (Phi) is 4.84. The van der Waals surface area contributed by atoms with Gasteiger partial charge in [-0.2, -0.15) is 5.10 Å². The fourth-order valence-electron chi connectivity index (χ4n) is 3.85. The van der Waals surface area contributed by atoms with Gasteiger partial charge in [0.05, 0.1) is 36.7 Å². The second-order valence-corrected chi connectivity index (χ2v) is 7.73. The predicted molar refractivity (Wildman–Crippen MR) is 107 cm³/mol. The van der Waals surface area contributed by atoms with Gasteiger partial charge in [-0.3, -0.25) is 19.4 Å². The van der Waals surface area contributed by atoms with Crippen molar-refractivity contribution in [1.82, 2.24) is 24.6 Å². The molecule has 0 spiro atoms. The molecule has 2 aliphatic heterocycles. The number of carbonyl (C=O) groups is 1. The first kappa shape index (κ1) is 19.0. The van der Waals surface area contributed by atoms with E-state index < -0.39 is 0 Å². The summed E-state index contributed by atoms with van der Waals surface area (Å²) in [5, 5.41) is 4.18. The number of fused-ring (bicyclic) bond motifs is 2. The predicted octanol–water partition coefficient (Wildman–Crippen LogP) is 1.36. The standard InChI is InChI=1S/C21H23N5O4/c1-13-3-4-15(7-22-13)30-16-11-28-19-9-26(10-20(19)29-12-16)21(27)14-5-18-17(23-6-14)8-24-25(18)2/h3-8,16,19-20H,9-12H2,1-2H3/t19-,20-/m0/s1. The van der Waals surface area contributed by atoms with Crippen LogP contribution >= 0.6 is 0 Å². The summed E-state index contributed by atoms with van der Waals surface area (Å²) in [7, 11) is 1.83. The first-order chi connectivity index (χ1) is 14.6. The number of likely N-dealkylation sites (tertiary alicyclic amines) is 1. The molecule has 5 rings (SSSR count). The van der Waals surface area contributed by atoms with Crippen molar-refractivity contribution < 1.29 is 19.0 Å². The zero-order chi connectivity index (χ0) is 20.7. The van der Waals surface area contributed by atoms with Gasteiger partial charge in [-0.15, -0.1) is 0 Å². The van der Waals surface area contributed by atoms with Crippen LogP contribution in [-0.2, 0) is 16.5 Å². The van der Waals surface area contributed by atoms with E-state index in [-0.39, 0.29) is 24.2 Å². The molecule has 2 atom stereocenters. The maximum absolute atomic E-state index is 13.0. The highest BCUT2D eigenvalue weighted by molar-refractivity contribution is 5.96. The maximum atomic E-state index is 13.0. The molecule has 0 N–H and O–H groups in total. The van der Waals surface area contributed by atoms with E-state index in [1.54, 1.807) is 28.2 Å². The number of carbonyl (C=O) groups excluding carboxylic acids is 1. The zero-order valence-electron chi connectivity index (χ0n) is 16.9. The first-order valence-electron chi connectivity index (χ1n) is 9.96. The number of rotatable bonds is 3. The number of nitrogens with zero attached hydrogens (tertiary/aromatic N) is 5. The number of aryl methyl sites for hydroxylation is 2. The lowest BCUT2D eigenvalue weighted by molar-refractivity contribution is -0.00461. The third-order valence-electron chi connectivity index (χ3n) is 5.53. The van der Waals surface area contributed by atoms with Gasteiger partial charge in [-0.05, 0) is 25.1 Å². The largest absolute Gasteiger partial charge is 0.484 e. The summed E-state index contributed by atoms with van der Waals surface area (Å²) in [6.07, 6.45) is 4.43. The lowest BCUT2D eigenvalue weighted by Gasteiger charge is -2.19. The molecule has 0 saturated carbocycles. The van der Waals surface area contributed by atoms with Crippen molar-refractivity contribution in [2.45, 2.75) is 25.2 Å². The highest BCUT2D eigenvalue weighted by Gasteiger charge is 2.40. The molecule has 0 bridgehead atoms. The van der Waals surface area contributed by atoms with Crippen molar-refractivity contribution in [3.05, 3.63) is 48.0 Å². The number of ether oxygens (including phenoxy) is 3. The fourth-order valence-corrected chi connectivity index (χ4v) is 3.85. The first-order valence-corrected chi connectivity index (χ1v) is 9.96. The van der Waals surface area contributed by atoms with Crippen LogP contribution in [0.3, 0.4) is 0 Å². The van der Waals surface area contributed by atoms with Crippen LogP contribution in [0.1, 0.15) is 16.1 Å². The summed E-state index contributed by atoms with van der Waals surface area (Å²) in [6.45, 7) is 3.69. The number of hydrogen-bond acceptors (Lipinski definition) is 7. The molecule has 2 saturated heterocycles. The van der Waals surface area contributed by atoms with Crippen LogP contribution in [0.4, 0.5) is 0 Å².